The van der Waals surface area contributed by atoms with Gasteiger partial charge in [-0.05, 0) is 23.5 Å². The summed E-state index contributed by atoms with van der Waals surface area (Å²) in [6.07, 6.45) is 1.15. The van der Waals surface area contributed by atoms with Crippen LogP contribution in [0.25, 0.3) is 0 Å². The number of guanidine groups is 1. The van der Waals surface area contributed by atoms with Crippen molar-refractivity contribution in [2.75, 3.05) is 39.9 Å². The average molecular weight is 460 g/mol. The molecule has 1 aromatic carbocycles. The van der Waals surface area contributed by atoms with E-state index in [2.05, 4.69) is 58.6 Å². The van der Waals surface area contributed by atoms with E-state index in [1.807, 2.05) is 7.05 Å². The molecule has 0 aromatic heterocycles. The van der Waals surface area contributed by atoms with Gasteiger partial charge in [-0.15, -0.1) is 24.0 Å². The highest BCUT2D eigenvalue weighted by Crippen LogP contribution is 2.09. The number of aliphatic imine (C=N–C) groups is 1. The lowest BCUT2D eigenvalue weighted by atomic mass is 10.1. The molecule has 1 aromatic rings. The van der Waals surface area contributed by atoms with Crippen LogP contribution in [0.5, 0.6) is 0 Å². The van der Waals surface area contributed by atoms with Gasteiger partial charge in [0.05, 0.1) is 13.2 Å². The highest BCUT2D eigenvalue weighted by atomic mass is 127. The minimum absolute atomic E-state index is 0. The van der Waals surface area contributed by atoms with Gasteiger partial charge in [0.15, 0.2) is 5.96 Å². The molecule has 25 heavy (non-hydrogen) atoms. The van der Waals surface area contributed by atoms with E-state index in [0.29, 0.717) is 5.92 Å². The third-order valence-corrected chi connectivity index (χ3v) is 4.23. The zero-order valence-corrected chi connectivity index (χ0v) is 18.1. The molecule has 1 fully saturated rings. The Morgan fingerprint density at radius 2 is 1.76 bits per heavy atom. The third-order valence-electron chi connectivity index (χ3n) is 4.23. The Hall–Kier alpha value is -0.860. The van der Waals surface area contributed by atoms with Crippen LogP contribution in [0.2, 0.25) is 0 Å². The van der Waals surface area contributed by atoms with E-state index in [4.69, 9.17) is 4.74 Å². The molecule has 5 nitrogen and oxygen atoms in total. The first-order valence-corrected chi connectivity index (χ1v) is 9.00. The van der Waals surface area contributed by atoms with E-state index in [1.54, 1.807) is 0 Å². The maximum atomic E-state index is 5.40. The molecule has 1 heterocycles. The number of halogens is 1. The molecule has 1 aliphatic heterocycles. The number of morpholine rings is 1. The van der Waals surface area contributed by atoms with Gasteiger partial charge >= 0.3 is 0 Å². The van der Waals surface area contributed by atoms with Crippen molar-refractivity contribution in [2.24, 2.45) is 10.9 Å². The fraction of sp³-hybridized carbons (Fsp3) is 0.632. The molecule has 2 N–H and O–H groups in total. The van der Waals surface area contributed by atoms with E-state index < -0.39 is 0 Å². The molecule has 142 valence electrons. The molecule has 2 rings (SSSR count). The van der Waals surface area contributed by atoms with Gasteiger partial charge in [-0.1, -0.05) is 38.1 Å². The summed E-state index contributed by atoms with van der Waals surface area (Å²) in [5, 5.41) is 6.73. The molecular weight excluding hydrogens is 427 g/mol. The van der Waals surface area contributed by atoms with E-state index in [-0.39, 0.29) is 24.0 Å². The molecule has 0 unspecified atom stereocenters. The van der Waals surface area contributed by atoms with Crippen LogP contribution < -0.4 is 10.6 Å². The van der Waals surface area contributed by atoms with Crippen molar-refractivity contribution in [2.45, 2.75) is 33.4 Å². The predicted molar refractivity (Wildman–Crippen MR) is 116 cm³/mol. The molecule has 0 bridgehead atoms. The molecule has 6 heteroatoms. The molecule has 0 radical (unpaired) electrons. The summed E-state index contributed by atoms with van der Waals surface area (Å²) in [5.41, 5.74) is 2.63. The van der Waals surface area contributed by atoms with Crippen molar-refractivity contribution >= 4 is 29.9 Å². The van der Waals surface area contributed by atoms with Crippen molar-refractivity contribution in [3.8, 4) is 0 Å². The Labute approximate surface area is 169 Å². The van der Waals surface area contributed by atoms with Crippen LogP contribution in [0.4, 0.5) is 0 Å². The van der Waals surface area contributed by atoms with Crippen LogP contribution in [0.1, 0.15) is 31.4 Å². The van der Waals surface area contributed by atoms with Crippen molar-refractivity contribution in [1.29, 1.82) is 0 Å². The topological polar surface area (TPSA) is 48.9 Å². The SMILES string of the molecule is CN=C(NCCC(C)C)NCc1ccc(CN2CCOCC2)cc1.I. The van der Waals surface area contributed by atoms with Crippen molar-refractivity contribution in [3.05, 3.63) is 35.4 Å². The lowest BCUT2D eigenvalue weighted by molar-refractivity contribution is 0.0342. The van der Waals surface area contributed by atoms with Gasteiger partial charge in [0.2, 0.25) is 0 Å². The Balaban J connectivity index is 0.00000312. The maximum absolute atomic E-state index is 5.40. The quantitative estimate of drug-likeness (QED) is 0.373. The smallest absolute Gasteiger partial charge is 0.191 e. The van der Waals surface area contributed by atoms with E-state index in [1.165, 1.54) is 11.1 Å². The Morgan fingerprint density at radius 3 is 2.36 bits per heavy atom. The number of hydrogen-bond acceptors (Lipinski definition) is 3. The predicted octanol–water partition coefficient (Wildman–Crippen LogP) is 2.85. The normalized spacial score (nSPS) is 15.8. The summed E-state index contributed by atoms with van der Waals surface area (Å²) in [4.78, 5) is 6.71. The highest BCUT2D eigenvalue weighted by molar-refractivity contribution is 14.0. The number of ether oxygens (including phenoxy) is 1. The van der Waals surface area contributed by atoms with Crippen LogP contribution in [-0.2, 0) is 17.8 Å². The molecule has 0 aliphatic carbocycles. The fourth-order valence-corrected chi connectivity index (χ4v) is 2.67. The first-order valence-electron chi connectivity index (χ1n) is 9.00. The van der Waals surface area contributed by atoms with E-state index in [9.17, 15) is 0 Å². The standard InChI is InChI=1S/C19H32N4O.HI/c1-16(2)8-9-21-19(20-3)22-14-17-4-6-18(7-5-17)15-23-10-12-24-13-11-23;/h4-7,16H,8-15H2,1-3H3,(H2,20,21,22);1H. The van der Waals surface area contributed by atoms with Gasteiger partial charge in [0.1, 0.15) is 0 Å². The van der Waals surface area contributed by atoms with Crippen LogP contribution in [-0.4, -0.2) is 50.8 Å². The zero-order chi connectivity index (χ0) is 17.2. The van der Waals surface area contributed by atoms with Crippen LogP contribution in [0.15, 0.2) is 29.3 Å². The largest absolute Gasteiger partial charge is 0.379 e. The van der Waals surface area contributed by atoms with E-state index >= 15 is 0 Å². The van der Waals surface area contributed by atoms with E-state index in [0.717, 1.165) is 58.3 Å². The Kier molecular flexibility index (Phi) is 11.1. The maximum Gasteiger partial charge on any atom is 0.191 e. The van der Waals surface area contributed by atoms with Crippen LogP contribution >= 0.6 is 24.0 Å². The van der Waals surface area contributed by atoms with Crippen molar-refractivity contribution in [3.63, 3.8) is 0 Å². The molecular formula is C19H33IN4O. The number of rotatable bonds is 7. The summed E-state index contributed by atoms with van der Waals surface area (Å²) in [6.45, 7) is 11.0. The lowest BCUT2D eigenvalue weighted by Gasteiger charge is -2.26. The zero-order valence-electron chi connectivity index (χ0n) is 15.8. The second-order valence-electron chi connectivity index (χ2n) is 6.74. The Bertz CT molecular complexity index is 499. The lowest BCUT2D eigenvalue weighted by Crippen LogP contribution is -2.37. The molecule has 1 saturated heterocycles. The fourth-order valence-electron chi connectivity index (χ4n) is 2.67. The second-order valence-corrected chi connectivity index (χ2v) is 6.74. The minimum atomic E-state index is 0. The third kappa shape index (κ3) is 8.87. The molecule has 0 amide bonds. The molecule has 0 atom stereocenters. The summed E-state index contributed by atoms with van der Waals surface area (Å²) in [7, 11) is 1.82. The Morgan fingerprint density at radius 1 is 1.12 bits per heavy atom. The van der Waals surface area contributed by atoms with Crippen LogP contribution in [0.3, 0.4) is 0 Å². The van der Waals surface area contributed by atoms with Gasteiger partial charge in [0, 0.05) is 39.8 Å². The average Bonchev–Trinajstić information content (AvgIpc) is 2.60. The van der Waals surface area contributed by atoms with Gasteiger partial charge in [-0.3, -0.25) is 9.89 Å². The molecule has 0 spiro atoms. The van der Waals surface area contributed by atoms with Crippen molar-refractivity contribution in [1.82, 2.24) is 15.5 Å². The van der Waals surface area contributed by atoms with Gasteiger partial charge in [0.25, 0.3) is 0 Å². The molecule has 0 saturated carbocycles. The number of hydrogen-bond donors (Lipinski definition) is 2. The van der Waals surface area contributed by atoms with Crippen LogP contribution in [0, 0.1) is 5.92 Å². The number of nitrogens with one attached hydrogen (secondary N) is 2. The van der Waals surface area contributed by atoms with Crippen molar-refractivity contribution < 1.29 is 4.74 Å². The monoisotopic (exact) mass is 460 g/mol. The summed E-state index contributed by atoms with van der Waals surface area (Å²) >= 11 is 0. The first kappa shape index (κ1) is 22.2. The second kappa shape index (κ2) is 12.5. The van der Waals surface area contributed by atoms with Gasteiger partial charge in [-0.2, -0.15) is 0 Å². The summed E-state index contributed by atoms with van der Waals surface area (Å²) in [6, 6.07) is 8.84. The summed E-state index contributed by atoms with van der Waals surface area (Å²) in [5.74, 6) is 1.57. The van der Waals surface area contributed by atoms with Gasteiger partial charge in [-0.25, -0.2) is 0 Å². The number of benzene rings is 1. The highest BCUT2D eigenvalue weighted by Gasteiger charge is 2.10. The van der Waals surface area contributed by atoms with Gasteiger partial charge < -0.3 is 15.4 Å². The first-order chi connectivity index (χ1) is 11.7. The minimum Gasteiger partial charge on any atom is -0.379 e. The summed E-state index contributed by atoms with van der Waals surface area (Å²) < 4.78 is 5.40. The number of nitrogens with zero attached hydrogens (tertiary/aromatic N) is 2. The molecule has 1 aliphatic rings.